The maximum atomic E-state index is 5.04. The average Bonchev–Trinajstić information content (AvgIpc) is 1.69. The molecule has 0 N–H and O–H groups in total. The molecule has 0 aromatic heterocycles. The first kappa shape index (κ1) is 4.78. The lowest BCUT2D eigenvalue weighted by molar-refractivity contribution is -0.504. The van der Waals surface area contributed by atoms with E-state index in [1.54, 1.807) is 0 Å². The molecule has 0 atom stereocenters. The van der Waals surface area contributed by atoms with Crippen molar-refractivity contribution in [1.29, 1.82) is 0 Å². The van der Waals surface area contributed by atoms with E-state index in [2.05, 4.69) is 11.6 Å². The molecule has 1 rings (SSSR count). The first-order valence-corrected chi connectivity index (χ1v) is 2.51. The third-order valence-corrected chi connectivity index (χ3v) is 1.09. The van der Waals surface area contributed by atoms with Crippen LogP contribution in [0, 0.1) is 0 Å². The zero-order valence-electron chi connectivity index (χ0n) is 4.55. The number of rotatable bonds is 0. The summed E-state index contributed by atoms with van der Waals surface area (Å²) in [6.07, 6.45) is 2.05. The van der Waals surface area contributed by atoms with Crippen LogP contribution < -0.4 is 0 Å². The summed E-state index contributed by atoms with van der Waals surface area (Å²) < 4.78 is 7.18. The molecule has 0 aromatic carbocycles. The average molecular weight is 100 g/mol. The van der Waals surface area contributed by atoms with Crippen molar-refractivity contribution in [3.8, 4) is 0 Å². The highest BCUT2D eigenvalue weighted by atomic mass is 16.5. The fourth-order valence-electron chi connectivity index (χ4n) is 0.563. The van der Waals surface area contributed by atoms with Gasteiger partial charge in [-0.15, -0.1) is 0 Å². The van der Waals surface area contributed by atoms with Gasteiger partial charge in [-0.25, -0.2) is 4.58 Å². The molecule has 0 bridgehead atoms. The number of hydrogen-bond acceptors (Lipinski definition) is 1. The fraction of sp³-hybridized carbons (Fsp3) is 0.800. The first-order chi connectivity index (χ1) is 3.39. The van der Waals surface area contributed by atoms with Gasteiger partial charge in [0.25, 0.3) is 0 Å². The van der Waals surface area contributed by atoms with Crippen molar-refractivity contribution >= 4 is 6.21 Å². The van der Waals surface area contributed by atoms with Crippen LogP contribution in [-0.4, -0.2) is 37.6 Å². The molecule has 2 heteroatoms. The lowest BCUT2D eigenvalue weighted by atomic mass is 10.6. The van der Waals surface area contributed by atoms with Gasteiger partial charge in [0.2, 0.25) is 0 Å². The highest BCUT2D eigenvalue weighted by Gasteiger charge is 2.00. The lowest BCUT2D eigenvalue weighted by Gasteiger charge is -2.02. The molecule has 0 aliphatic carbocycles. The van der Waals surface area contributed by atoms with Crippen LogP contribution in [0.1, 0.15) is 0 Å². The quantitative estimate of drug-likeness (QED) is 0.382. The van der Waals surface area contributed by atoms with E-state index >= 15 is 0 Å². The second kappa shape index (κ2) is 2.07. The van der Waals surface area contributed by atoms with Crippen molar-refractivity contribution in [2.45, 2.75) is 0 Å². The van der Waals surface area contributed by atoms with E-state index < -0.39 is 0 Å². The Morgan fingerprint density at radius 2 is 2.57 bits per heavy atom. The second-order valence-electron chi connectivity index (χ2n) is 1.74. The van der Waals surface area contributed by atoms with Gasteiger partial charge >= 0.3 is 0 Å². The van der Waals surface area contributed by atoms with Gasteiger partial charge in [0, 0.05) is 0 Å². The summed E-state index contributed by atoms with van der Waals surface area (Å²) in [4.78, 5) is 0. The molecule has 7 heavy (non-hydrogen) atoms. The van der Waals surface area contributed by atoms with E-state index in [0.29, 0.717) is 0 Å². The fourth-order valence-corrected chi connectivity index (χ4v) is 0.563. The second-order valence-corrected chi connectivity index (χ2v) is 1.74. The van der Waals surface area contributed by atoms with E-state index in [1.807, 2.05) is 6.21 Å². The van der Waals surface area contributed by atoms with Gasteiger partial charge in [0.05, 0.1) is 0 Å². The number of hydrogen-bond donors (Lipinski definition) is 0. The Bertz CT molecular complexity index is 88.1. The van der Waals surface area contributed by atoms with Crippen LogP contribution in [0.3, 0.4) is 0 Å². The van der Waals surface area contributed by atoms with Crippen LogP contribution in [0.5, 0.6) is 0 Å². The molecule has 1 aliphatic rings. The summed E-state index contributed by atoms with van der Waals surface area (Å²) in [5, 5.41) is 0. The molecule has 0 saturated carbocycles. The highest BCUT2D eigenvalue weighted by molar-refractivity contribution is 5.52. The van der Waals surface area contributed by atoms with Crippen LogP contribution in [0.2, 0.25) is 0 Å². The van der Waals surface area contributed by atoms with Crippen molar-refractivity contribution in [3.63, 3.8) is 0 Å². The van der Waals surface area contributed by atoms with E-state index in [1.165, 1.54) is 0 Å². The van der Waals surface area contributed by atoms with Crippen molar-refractivity contribution in [3.05, 3.63) is 0 Å². The molecule has 0 saturated heterocycles. The summed E-state index contributed by atoms with van der Waals surface area (Å²) in [5.74, 6) is 0. The van der Waals surface area contributed by atoms with Crippen molar-refractivity contribution in [2.24, 2.45) is 0 Å². The van der Waals surface area contributed by atoms with Crippen LogP contribution in [0.15, 0.2) is 0 Å². The molecule has 0 radical (unpaired) electrons. The van der Waals surface area contributed by atoms with Crippen LogP contribution >= 0.6 is 0 Å². The van der Waals surface area contributed by atoms with Crippen LogP contribution in [-0.2, 0) is 4.74 Å². The van der Waals surface area contributed by atoms with Gasteiger partial charge in [0.1, 0.15) is 20.3 Å². The van der Waals surface area contributed by atoms with Crippen molar-refractivity contribution < 1.29 is 9.31 Å². The monoisotopic (exact) mass is 100 g/mol. The SMILES string of the molecule is C[N+]1=CCOCC1. The lowest BCUT2D eigenvalue weighted by Crippen LogP contribution is -2.22. The Morgan fingerprint density at radius 1 is 1.71 bits per heavy atom. The highest BCUT2D eigenvalue weighted by Crippen LogP contribution is 1.79. The van der Waals surface area contributed by atoms with E-state index in [0.717, 1.165) is 19.8 Å². The molecule has 0 fully saturated rings. The Morgan fingerprint density at radius 3 is 2.86 bits per heavy atom. The predicted octanol–water partition coefficient (Wildman–Crippen LogP) is -0.270. The summed E-state index contributed by atoms with van der Waals surface area (Å²) >= 11 is 0. The Hall–Kier alpha value is -0.370. The predicted molar refractivity (Wildman–Crippen MR) is 27.9 cm³/mol. The summed E-state index contributed by atoms with van der Waals surface area (Å²) in [6.45, 7) is 2.71. The van der Waals surface area contributed by atoms with Gasteiger partial charge in [0.15, 0.2) is 12.8 Å². The van der Waals surface area contributed by atoms with Crippen molar-refractivity contribution in [1.82, 2.24) is 0 Å². The molecule has 0 spiro atoms. The molecular weight excluding hydrogens is 90.1 g/mol. The third-order valence-electron chi connectivity index (χ3n) is 1.09. The van der Waals surface area contributed by atoms with E-state index in [-0.39, 0.29) is 0 Å². The van der Waals surface area contributed by atoms with Gasteiger partial charge in [-0.3, -0.25) is 0 Å². The molecule has 1 heterocycles. The zero-order valence-corrected chi connectivity index (χ0v) is 4.55. The van der Waals surface area contributed by atoms with E-state index in [9.17, 15) is 0 Å². The van der Waals surface area contributed by atoms with Crippen molar-refractivity contribution in [2.75, 3.05) is 26.8 Å². The molecule has 1 aliphatic heterocycles. The molecule has 0 amide bonds. The van der Waals surface area contributed by atoms with Gasteiger partial charge in [-0.05, 0) is 0 Å². The summed E-state index contributed by atoms with van der Waals surface area (Å²) in [6, 6.07) is 0. The Balaban J connectivity index is 2.40. The molecule has 2 nitrogen and oxygen atoms in total. The van der Waals surface area contributed by atoms with E-state index in [4.69, 9.17) is 4.74 Å². The minimum atomic E-state index is 0.788. The summed E-state index contributed by atoms with van der Waals surface area (Å²) in [5.41, 5.74) is 0. The van der Waals surface area contributed by atoms with Gasteiger partial charge in [-0.1, -0.05) is 0 Å². The zero-order chi connectivity index (χ0) is 5.11. The largest absolute Gasteiger partial charge is 0.365 e. The minimum absolute atomic E-state index is 0.788. The van der Waals surface area contributed by atoms with Gasteiger partial charge < -0.3 is 4.74 Å². The topological polar surface area (TPSA) is 12.2 Å². The Kier molecular flexibility index (Phi) is 1.42. The van der Waals surface area contributed by atoms with Crippen LogP contribution in [0.25, 0.3) is 0 Å². The number of likely N-dealkylation sites (N-methyl/N-ethyl adjacent to an activating group) is 1. The first-order valence-electron chi connectivity index (χ1n) is 2.51. The Labute approximate surface area is 43.4 Å². The minimum Gasteiger partial charge on any atom is -0.365 e. The molecule has 40 valence electrons. The standard InChI is InChI=1S/C5H10NO/c1-6-2-4-7-5-3-6/h2H,3-5H2,1H3/q+1. The third kappa shape index (κ3) is 1.27. The maximum Gasteiger partial charge on any atom is 0.165 e. The molecule has 0 aromatic rings. The molecular formula is C5H10NO+. The number of ether oxygens (including phenoxy) is 1. The summed E-state index contributed by atoms with van der Waals surface area (Å²) in [7, 11) is 2.06. The smallest absolute Gasteiger partial charge is 0.165 e. The molecule has 0 unspecified atom stereocenters. The van der Waals surface area contributed by atoms with Crippen LogP contribution in [0.4, 0.5) is 0 Å². The normalized spacial score (nSPS) is 21.6. The number of nitrogens with zero attached hydrogens (tertiary/aromatic N) is 1. The maximum absolute atomic E-state index is 5.04. The van der Waals surface area contributed by atoms with Gasteiger partial charge in [-0.2, -0.15) is 0 Å².